The number of hydrogen-bond donors (Lipinski definition) is 1. The normalized spacial score (nSPS) is 11.2. The Morgan fingerprint density at radius 1 is 1.00 bits per heavy atom. The van der Waals surface area contributed by atoms with Gasteiger partial charge in [-0.05, 0) is 41.8 Å². The Morgan fingerprint density at radius 3 is 2.74 bits per heavy atom. The number of fused-ring (bicyclic) bond motifs is 2. The van der Waals surface area contributed by atoms with Gasteiger partial charge in [-0.2, -0.15) is 0 Å². The Labute approximate surface area is 133 Å². The highest BCUT2D eigenvalue weighted by Gasteiger charge is 2.09. The minimum atomic E-state index is -0.122. The number of imidazole rings is 1. The van der Waals surface area contributed by atoms with Crippen LogP contribution >= 0.6 is 0 Å². The maximum atomic E-state index is 12.5. The molecule has 5 nitrogen and oxygen atoms in total. The average Bonchev–Trinajstić information content (AvgIpc) is 3.11. The lowest BCUT2D eigenvalue weighted by Crippen LogP contribution is -2.11. The molecular weight excluding hydrogens is 288 g/mol. The number of rotatable bonds is 2. The molecule has 114 valence electrons. The van der Waals surface area contributed by atoms with Crippen molar-refractivity contribution in [3.63, 3.8) is 0 Å². The lowest BCUT2D eigenvalue weighted by atomic mass is 10.1. The topological polar surface area (TPSA) is 51.9 Å². The van der Waals surface area contributed by atoms with E-state index in [4.69, 9.17) is 0 Å². The molecular formula is C18H16N4O. The Hall–Kier alpha value is -3.08. The molecule has 2 aromatic carbocycles. The van der Waals surface area contributed by atoms with Crippen LogP contribution in [0.1, 0.15) is 10.4 Å². The van der Waals surface area contributed by atoms with E-state index >= 15 is 0 Å². The van der Waals surface area contributed by atoms with E-state index in [0.29, 0.717) is 5.56 Å². The van der Waals surface area contributed by atoms with Crippen molar-refractivity contribution >= 4 is 33.5 Å². The second-order valence-electron chi connectivity index (χ2n) is 5.71. The first-order valence-electron chi connectivity index (χ1n) is 7.39. The van der Waals surface area contributed by atoms with Crippen LogP contribution in [0.2, 0.25) is 0 Å². The SMILES string of the molecule is Cn1ccc2ccc(C(=O)Nc3ccc4c(c3)ncn4C)cc21. The molecule has 23 heavy (non-hydrogen) atoms. The number of nitrogens with one attached hydrogen (secondary N) is 1. The third kappa shape index (κ3) is 2.26. The van der Waals surface area contributed by atoms with Crippen molar-refractivity contribution in [2.45, 2.75) is 0 Å². The number of carbonyl (C=O) groups is 1. The van der Waals surface area contributed by atoms with Gasteiger partial charge in [0.2, 0.25) is 0 Å². The fourth-order valence-electron chi connectivity index (χ4n) is 2.82. The zero-order valence-corrected chi connectivity index (χ0v) is 12.9. The lowest BCUT2D eigenvalue weighted by molar-refractivity contribution is 0.102. The summed E-state index contributed by atoms with van der Waals surface area (Å²) in [6, 6.07) is 13.5. The summed E-state index contributed by atoms with van der Waals surface area (Å²) in [5.74, 6) is -0.122. The van der Waals surface area contributed by atoms with E-state index in [2.05, 4.69) is 10.3 Å². The summed E-state index contributed by atoms with van der Waals surface area (Å²) >= 11 is 0. The van der Waals surface area contributed by atoms with Crippen LogP contribution in [0.25, 0.3) is 21.9 Å². The van der Waals surface area contributed by atoms with Crippen molar-refractivity contribution < 1.29 is 4.79 Å². The van der Waals surface area contributed by atoms with Crippen LogP contribution in [0.4, 0.5) is 5.69 Å². The number of aryl methyl sites for hydroxylation is 2. The van der Waals surface area contributed by atoms with E-state index in [1.807, 2.05) is 71.9 Å². The molecule has 0 radical (unpaired) electrons. The fourth-order valence-corrected chi connectivity index (χ4v) is 2.82. The lowest BCUT2D eigenvalue weighted by Gasteiger charge is -2.06. The summed E-state index contributed by atoms with van der Waals surface area (Å²) in [6.45, 7) is 0. The molecule has 0 fully saturated rings. The molecule has 0 spiro atoms. The van der Waals surface area contributed by atoms with Gasteiger partial charge < -0.3 is 14.5 Å². The number of hydrogen-bond acceptors (Lipinski definition) is 2. The molecule has 0 bridgehead atoms. The predicted molar refractivity (Wildman–Crippen MR) is 91.6 cm³/mol. The first kappa shape index (κ1) is 13.6. The largest absolute Gasteiger partial charge is 0.351 e. The highest BCUT2D eigenvalue weighted by molar-refractivity contribution is 6.06. The van der Waals surface area contributed by atoms with E-state index in [0.717, 1.165) is 27.6 Å². The van der Waals surface area contributed by atoms with Gasteiger partial charge in [0.25, 0.3) is 5.91 Å². The van der Waals surface area contributed by atoms with Gasteiger partial charge in [-0.1, -0.05) is 6.07 Å². The van der Waals surface area contributed by atoms with Crippen LogP contribution in [0, 0.1) is 0 Å². The standard InChI is InChI=1S/C18H16N4O/c1-21-8-7-12-3-4-13(9-17(12)21)18(23)20-14-5-6-16-15(10-14)19-11-22(16)2/h3-11H,1-2H3,(H,20,23). The van der Waals surface area contributed by atoms with Crippen LogP contribution in [-0.4, -0.2) is 20.0 Å². The smallest absolute Gasteiger partial charge is 0.255 e. The summed E-state index contributed by atoms with van der Waals surface area (Å²) < 4.78 is 3.95. The van der Waals surface area contributed by atoms with Gasteiger partial charge >= 0.3 is 0 Å². The van der Waals surface area contributed by atoms with Crippen LogP contribution in [-0.2, 0) is 14.1 Å². The maximum Gasteiger partial charge on any atom is 0.255 e. The monoisotopic (exact) mass is 304 g/mol. The summed E-state index contributed by atoms with van der Waals surface area (Å²) in [6.07, 6.45) is 3.75. The second-order valence-corrected chi connectivity index (χ2v) is 5.71. The van der Waals surface area contributed by atoms with Gasteiger partial charge in [-0.15, -0.1) is 0 Å². The highest BCUT2D eigenvalue weighted by atomic mass is 16.1. The number of carbonyl (C=O) groups excluding carboxylic acids is 1. The minimum Gasteiger partial charge on any atom is -0.351 e. The van der Waals surface area contributed by atoms with Gasteiger partial charge in [0, 0.05) is 37.1 Å². The highest BCUT2D eigenvalue weighted by Crippen LogP contribution is 2.20. The number of anilines is 1. The molecule has 0 aliphatic carbocycles. The summed E-state index contributed by atoms with van der Waals surface area (Å²) in [4.78, 5) is 16.8. The molecule has 0 atom stereocenters. The Balaban J connectivity index is 1.65. The van der Waals surface area contributed by atoms with Crippen LogP contribution < -0.4 is 5.32 Å². The van der Waals surface area contributed by atoms with E-state index in [9.17, 15) is 4.79 Å². The van der Waals surface area contributed by atoms with Gasteiger partial charge in [0.15, 0.2) is 0 Å². The Morgan fingerprint density at radius 2 is 1.87 bits per heavy atom. The van der Waals surface area contributed by atoms with Gasteiger partial charge in [0.1, 0.15) is 0 Å². The zero-order chi connectivity index (χ0) is 16.0. The van der Waals surface area contributed by atoms with Crippen molar-refractivity contribution in [1.29, 1.82) is 0 Å². The number of aromatic nitrogens is 3. The third-order valence-corrected chi connectivity index (χ3v) is 4.13. The molecule has 0 saturated carbocycles. The summed E-state index contributed by atoms with van der Waals surface area (Å²) in [5.41, 5.74) is 4.32. The molecule has 0 unspecified atom stereocenters. The van der Waals surface area contributed by atoms with Crippen molar-refractivity contribution in [1.82, 2.24) is 14.1 Å². The molecule has 1 amide bonds. The van der Waals surface area contributed by atoms with E-state index in [-0.39, 0.29) is 5.91 Å². The number of amides is 1. The van der Waals surface area contributed by atoms with E-state index in [1.165, 1.54) is 0 Å². The molecule has 2 heterocycles. The molecule has 0 saturated heterocycles. The quantitative estimate of drug-likeness (QED) is 0.617. The van der Waals surface area contributed by atoms with E-state index in [1.54, 1.807) is 6.33 Å². The molecule has 5 heteroatoms. The minimum absolute atomic E-state index is 0.122. The van der Waals surface area contributed by atoms with E-state index < -0.39 is 0 Å². The van der Waals surface area contributed by atoms with Crippen LogP contribution in [0.5, 0.6) is 0 Å². The maximum absolute atomic E-state index is 12.5. The number of benzene rings is 2. The molecule has 0 aliphatic rings. The van der Waals surface area contributed by atoms with Crippen molar-refractivity contribution in [3.8, 4) is 0 Å². The van der Waals surface area contributed by atoms with Crippen molar-refractivity contribution in [2.75, 3.05) is 5.32 Å². The Bertz CT molecular complexity index is 1040. The van der Waals surface area contributed by atoms with Gasteiger partial charge in [0.05, 0.1) is 17.4 Å². The summed E-state index contributed by atoms with van der Waals surface area (Å²) in [5, 5.41) is 4.06. The fraction of sp³-hybridized carbons (Fsp3) is 0.111. The van der Waals surface area contributed by atoms with Crippen molar-refractivity contribution in [3.05, 3.63) is 60.6 Å². The first-order chi connectivity index (χ1) is 11.1. The predicted octanol–water partition coefficient (Wildman–Crippen LogP) is 3.32. The Kier molecular flexibility index (Phi) is 2.94. The zero-order valence-electron chi connectivity index (χ0n) is 12.9. The molecule has 1 N–H and O–H groups in total. The number of nitrogens with zero attached hydrogens (tertiary/aromatic N) is 3. The summed E-state index contributed by atoms with van der Waals surface area (Å²) in [7, 11) is 3.92. The first-order valence-corrected chi connectivity index (χ1v) is 7.39. The van der Waals surface area contributed by atoms with Crippen LogP contribution in [0.15, 0.2) is 55.0 Å². The second kappa shape index (κ2) is 4.98. The molecule has 2 aromatic heterocycles. The van der Waals surface area contributed by atoms with Gasteiger partial charge in [-0.3, -0.25) is 4.79 Å². The van der Waals surface area contributed by atoms with Gasteiger partial charge in [-0.25, -0.2) is 4.98 Å². The third-order valence-electron chi connectivity index (χ3n) is 4.13. The van der Waals surface area contributed by atoms with Crippen molar-refractivity contribution in [2.24, 2.45) is 14.1 Å². The van der Waals surface area contributed by atoms with Crippen LogP contribution in [0.3, 0.4) is 0 Å². The average molecular weight is 304 g/mol. The molecule has 4 aromatic rings. The molecule has 4 rings (SSSR count). The molecule has 0 aliphatic heterocycles.